The number of methoxy groups -OCH3 is 1. The van der Waals surface area contributed by atoms with Crippen LogP contribution in [0.15, 0.2) is 34.9 Å². The zero-order valence-electron chi connectivity index (χ0n) is 11.0. The number of ether oxygens (including phenoxy) is 1. The fraction of sp³-hybridized carbons (Fsp3) is 0.286. The van der Waals surface area contributed by atoms with E-state index in [-0.39, 0.29) is 0 Å². The third-order valence-electron chi connectivity index (χ3n) is 2.68. The van der Waals surface area contributed by atoms with Crippen LogP contribution >= 0.6 is 15.9 Å². The SMILES string of the molecule is COCc1ccccc1CNc1cc(Br)nc(C)n1. The van der Waals surface area contributed by atoms with Crippen LogP contribution in [0, 0.1) is 6.92 Å². The van der Waals surface area contributed by atoms with Gasteiger partial charge in [0, 0.05) is 19.7 Å². The third-order valence-corrected chi connectivity index (χ3v) is 3.09. The van der Waals surface area contributed by atoms with E-state index in [0.717, 1.165) is 16.2 Å². The second kappa shape index (κ2) is 6.63. The summed E-state index contributed by atoms with van der Waals surface area (Å²) in [4.78, 5) is 8.52. The lowest BCUT2D eigenvalue weighted by atomic mass is 10.1. The molecule has 1 N–H and O–H groups in total. The topological polar surface area (TPSA) is 47.0 Å². The predicted octanol–water partition coefficient (Wildman–Crippen LogP) is 3.31. The molecular formula is C14H16BrN3O. The summed E-state index contributed by atoms with van der Waals surface area (Å²) < 4.78 is 5.98. The van der Waals surface area contributed by atoms with Crippen molar-refractivity contribution in [3.05, 3.63) is 51.9 Å². The largest absolute Gasteiger partial charge is 0.380 e. The van der Waals surface area contributed by atoms with Crippen molar-refractivity contribution < 1.29 is 4.74 Å². The van der Waals surface area contributed by atoms with Gasteiger partial charge in [-0.2, -0.15) is 0 Å². The molecule has 0 saturated heterocycles. The van der Waals surface area contributed by atoms with Crippen molar-refractivity contribution in [2.75, 3.05) is 12.4 Å². The Morgan fingerprint density at radius 1 is 1.21 bits per heavy atom. The van der Waals surface area contributed by atoms with Gasteiger partial charge in [0.25, 0.3) is 0 Å². The summed E-state index contributed by atoms with van der Waals surface area (Å²) in [5, 5.41) is 3.30. The highest BCUT2D eigenvalue weighted by molar-refractivity contribution is 9.10. The highest BCUT2D eigenvalue weighted by Gasteiger charge is 2.03. The quantitative estimate of drug-likeness (QED) is 0.858. The summed E-state index contributed by atoms with van der Waals surface area (Å²) in [6.45, 7) is 3.20. The van der Waals surface area contributed by atoms with Crippen molar-refractivity contribution in [3.8, 4) is 0 Å². The lowest BCUT2D eigenvalue weighted by Crippen LogP contribution is -2.06. The minimum atomic E-state index is 0.615. The van der Waals surface area contributed by atoms with Crippen LogP contribution in [0.4, 0.5) is 5.82 Å². The Balaban J connectivity index is 2.09. The third kappa shape index (κ3) is 4.01. The first-order valence-corrected chi connectivity index (χ1v) is 6.79. The van der Waals surface area contributed by atoms with Crippen LogP contribution in [0.5, 0.6) is 0 Å². The molecule has 1 aromatic heterocycles. The van der Waals surface area contributed by atoms with Crippen molar-refractivity contribution in [1.29, 1.82) is 0 Å². The monoisotopic (exact) mass is 321 g/mol. The summed E-state index contributed by atoms with van der Waals surface area (Å²) in [6.07, 6.45) is 0. The van der Waals surface area contributed by atoms with Crippen LogP contribution < -0.4 is 5.32 Å². The molecule has 2 aromatic rings. The fourth-order valence-electron chi connectivity index (χ4n) is 1.83. The number of nitrogens with one attached hydrogen (secondary N) is 1. The summed E-state index contributed by atoms with van der Waals surface area (Å²) >= 11 is 3.37. The van der Waals surface area contributed by atoms with E-state index in [9.17, 15) is 0 Å². The maximum absolute atomic E-state index is 5.20. The first-order chi connectivity index (χ1) is 9.19. The summed E-state index contributed by atoms with van der Waals surface area (Å²) in [5.41, 5.74) is 2.39. The van der Waals surface area contributed by atoms with Gasteiger partial charge < -0.3 is 10.1 Å². The number of hydrogen-bond acceptors (Lipinski definition) is 4. The number of aromatic nitrogens is 2. The Morgan fingerprint density at radius 3 is 2.63 bits per heavy atom. The highest BCUT2D eigenvalue weighted by atomic mass is 79.9. The smallest absolute Gasteiger partial charge is 0.131 e. The average Bonchev–Trinajstić information content (AvgIpc) is 2.37. The normalized spacial score (nSPS) is 10.5. The average molecular weight is 322 g/mol. The van der Waals surface area contributed by atoms with E-state index in [4.69, 9.17) is 4.74 Å². The van der Waals surface area contributed by atoms with E-state index in [0.29, 0.717) is 13.2 Å². The minimum Gasteiger partial charge on any atom is -0.380 e. The molecule has 0 aliphatic carbocycles. The van der Waals surface area contributed by atoms with Crippen molar-refractivity contribution in [2.45, 2.75) is 20.1 Å². The number of aryl methyl sites for hydroxylation is 1. The van der Waals surface area contributed by atoms with Gasteiger partial charge in [-0.15, -0.1) is 0 Å². The van der Waals surface area contributed by atoms with Crippen LogP contribution in [-0.2, 0) is 17.9 Å². The van der Waals surface area contributed by atoms with E-state index in [1.807, 2.05) is 25.1 Å². The van der Waals surface area contributed by atoms with Crippen molar-refractivity contribution in [3.63, 3.8) is 0 Å². The molecule has 5 heteroatoms. The molecule has 1 heterocycles. The molecule has 100 valence electrons. The Kier molecular flexibility index (Phi) is 4.87. The van der Waals surface area contributed by atoms with E-state index >= 15 is 0 Å². The number of halogens is 1. The highest BCUT2D eigenvalue weighted by Crippen LogP contribution is 2.15. The van der Waals surface area contributed by atoms with Crippen LogP contribution in [0.1, 0.15) is 17.0 Å². The van der Waals surface area contributed by atoms with Crippen LogP contribution in [-0.4, -0.2) is 17.1 Å². The number of benzene rings is 1. The van der Waals surface area contributed by atoms with Crippen LogP contribution in [0.2, 0.25) is 0 Å². The second-order valence-corrected chi connectivity index (χ2v) is 4.99. The zero-order valence-corrected chi connectivity index (χ0v) is 12.6. The van der Waals surface area contributed by atoms with Gasteiger partial charge in [0.05, 0.1) is 6.61 Å². The molecular weight excluding hydrogens is 306 g/mol. The molecule has 0 atom stereocenters. The Hall–Kier alpha value is -1.46. The number of hydrogen-bond donors (Lipinski definition) is 1. The van der Waals surface area contributed by atoms with Gasteiger partial charge in [0.2, 0.25) is 0 Å². The Labute approximate surface area is 121 Å². The van der Waals surface area contributed by atoms with Crippen LogP contribution in [0.25, 0.3) is 0 Å². The van der Waals surface area contributed by atoms with E-state index in [1.54, 1.807) is 7.11 Å². The Morgan fingerprint density at radius 2 is 1.95 bits per heavy atom. The van der Waals surface area contributed by atoms with Crippen LogP contribution in [0.3, 0.4) is 0 Å². The zero-order chi connectivity index (χ0) is 13.7. The summed E-state index contributed by atoms with van der Waals surface area (Å²) in [7, 11) is 1.70. The van der Waals surface area contributed by atoms with E-state index in [2.05, 4.69) is 43.3 Å². The first kappa shape index (κ1) is 14.0. The van der Waals surface area contributed by atoms with E-state index < -0.39 is 0 Å². The minimum absolute atomic E-state index is 0.615. The summed E-state index contributed by atoms with van der Waals surface area (Å²) in [6, 6.07) is 10.1. The van der Waals surface area contributed by atoms with Gasteiger partial charge >= 0.3 is 0 Å². The van der Waals surface area contributed by atoms with Crippen molar-refractivity contribution in [2.24, 2.45) is 0 Å². The number of rotatable bonds is 5. The van der Waals surface area contributed by atoms with Gasteiger partial charge in [-0.25, -0.2) is 9.97 Å². The molecule has 1 aromatic carbocycles. The first-order valence-electron chi connectivity index (χ1n) is 6.00. The van der Waals surface area contributed by atoms with Crippen molar-refractivity contribution >= 4 is 21.7 Å². The molecule has 0 aliphatic rings. The van der Waals surface area contributed by atoms with Gasteiger partial charge in [-0.05, 0) is 34.0 Å². The molecule has 0 saturated carbocycles. The molecule has 0 fully saturated rings. The standard InChI is InChI=1S/C14H16BrN3O/c1-10-17-13(15)7-14(18-10)16-8-11-5-3-4-6-12(11)9-19-2/h3-7H,8-9H2,1-2H3,(H,16,17,18). The maximum atomic E-state index is 5.20. The predicted molar refractivity (Wildman–Crippen MR) is 79.0 cm³/mol. The molecule has 2 rings (SSSR count). The van der Waals surface area contributed by atoms with Gasteiger partial charge in [-0.1, -0.05) is 24.3 Å². The fourth-order valence-corrected chi connectivity index (χ4v) is 2.31. The molecule has 0 amide bonds. The molecule has 19 heavy (non-hydrogen) atoms. The molecule has 4 nitrogen and oxygen atoms in total. The molecule has 0 aliphatic heterocycles. The van der Waals surface area contributed by atoms with Gasteiger partial charge in [-0.3, -0.25) is 0 Å². The lowest BCUT2D eigenvalue weighted by molar-refractivity contribution is 0.184. The van der Waals surface area contributed by atoms with Gasteiger partial charge in [0.15, 0.2) is 0 Å². The van der Waals surface area contributed by atoms with Crippen molar-refractivity contribution in [1.82, 2.24) is 9.97 Å². The maximum Gasteiger partial charge on any atom is 0.131 e. The second-order valence-electron chi connectivity index (χ2n) is 4.18. The molecule has 0 unspecified atom stereocenters. The molecule has 0 bridgehead atoms. The molecule has 0 spiro atoms. The van der Waals surface area contributed by atoms with Gasteiger partial charge in [0.1, 0.15) is 16.2 Å². The van der Waals surface area contributed by atoms with E-state index in [1.165, 1.54) is 11.1 Å². The summed E-state index contributed by atoms with van der Waals surface area (Å²) in [5.74, 6) is 1.55. The molecule has 0 radical (unpaired) electrons. The lowest BCUT2D eigenvalue weighted by Gasteiger charge is -2.11. The number of anilines is 1. The Bertz CT molecular complexity index is 540. The number of nitrogens with zero attached hydrogens (tertiary/aromatic N) is 2.